The van der Waals surface area contributed by atoms with Crippen molar-refractivity contribution in [3.05, 3.63) is 51.6 Å². The summed E-state index contributed by atoms with van der Waals surface area (Å²) in [7, 11) is 4.48. The number of aromatic hydroxyl groups is 1. The van der Waals surface area contributed by atoms with Gasteiger partial charge in [-0.05, 0) is 36.4 Å². The maximum atomic E-state index is 12.2. The first-order chi connectivity index (χ1) is 13.0. The number of esters is 1. The third kappa shape index (κ3) is 3.75. The third-order valence-electron chi connectivity index (χ3n) is 3.81. The van der Waals surface area contributed by atoms with Crippen LogP contribution in [0, 0.1) is 0 Å². The maximum absolute atomic E-state index is 12.2. The number of nitrogens with zero attached hydrogens (tertiary/aromatic N) is 1. The SMILES string of the molecule is COc1cc(C2=N/C(=C\c3cc(Br)ccc3O)C(=O)O2)cc(OC)c1OC. The molecule has 0 bridgehead atoms. The van der Waals surface area contributed by atoms with Crippen LogP contribution in [0.1, 0.15) is 11.1 Å². The second-order valence-electron chi connectivity index (χ2n) is 5.45. The molecule has 0 spiro atoms. The van der Waals surface area contributed by atoms with Gasteiger partial charge in [-0.25, -0.2) is 9.79 Å². The molecule has 1 aliphatic rings. The van der Waals surface area contributed by atoms with Crippen LogP contribution in [-0.4, -0.2) is 38.3 Å². The fourth-order valence-electron chi connectivity index (χ4n) is 2.53. The van der Waals surface area contributed by atoms with Gasteiger partial charge in [0, 0.05) is 15.6 Å². The van der Waals surface area contributed by atoms with Crippen molar-refractivity contribution in [1.29, 1.82) is 0 Å². The molecule has 1 heterocycles. The van der Waals surface area contributed by atoms with Crippen LogP contribution in [-0.2, 0) is 9.53 Å². The summed E-state index contributed by atoms with van der Waals surface area (Å²) < 4.78 is 21.9. The lowest BCUT2D eigenvalue weighted by molar-refractivity contribution is -0.129. The van der Waals surface area contributed by atoms with Gasteiger partial charge in [0.15, 0.2) is 17.2 Å². The van der Waals surface area contributed by atoms with Gasteiger partial charge in [-0.1, -0.05) is 15.9 Å². The van der Waals surface area contributed by atoms with E-state index in [4.69, 9.17) is 18.9 Å². The zero-order valence-corrected chi connectivity index (χ0v) is 16.4. The molecule has 1 N–H and O–H groups in total. The number of phenols is 1. The number of aliphatic imine (C=N–C) groups is 1. The highest BCUT2D eigenvalue weighted by atomic mass is 79.9. The number of carbonyl (C=O) groups is 1. The molecule has 27 heavy (non-hydrogen) atoms. The summed E-state index contributed by atoms with van der Waals surface area (Å²) in [6.45, 7) is 0. The molecule has 0 aliphatic carbocycles. The number of rotatable bonds is 5. The van der Waals surface area contributed by atoms with Crippen LogP contribution in [0.3, 0.4) is 0 Å². The Hall–Kier alpha value is -3.00. The van der Waals surface area contributed by atoms with E-state index in [9.17, 15) is 9.90 Å². The summed E-state index contributed by atoms with van der Waals surface area (Å²) in [6, 6.07) is 8.14. The van der Waals surface area contributed by atoms with E-state index in [1.165, 1.54) is 33.5 Å². The minimum atomic E-state index is -0.627. The first-order valence-electron chi connectivity index (χ1n) is 7.78. The van der Waals surface area contributed by atoms with E-state index in [1.54, 1.807) is 24.3 Å². The van der Waals surface area contributed by atoms with Crippen LogP contribution >= 0.6 is 15.9 Å². The fourth-order valence-corrected chi connectivity index (χ4v) is 2.90. The van der Waals surface area contributed by atoms with Crippen molar-refractivity contribution in [3.8, 4) is 23.0 Å². The molecule has 0 amide bonds. The molecule has 0 saturated heterocycles. The van der Waals surface area contributed by atoms with Gasteiger partial charge in [-0.3, -0.25) is 0 Å². The molecule has 2 aromatic rings. The van der Waals surface area contributed by atoms with Crippen molar-refractivity contribution >= 4 is 33.9 Å². The van der Waals surface area contributed by atoms with Crippen molar-refractivity contribution in [2.75, 3.05) is 21.3 Å². The zero-order valence-electron chi connectivity index (χ0n) is 14.8. The molecule has 0 unspecified atom stereocenters. The van der Waals surface area contributed by atoms with Crippen LogP contribution in [0.5, 0.6) is 23.0 Å². The van der Waals surface area contributed by atoms with Crippen LogP contribution in [0.25, 0.3) is 6.08 Å². The third-order valence-corrected chi connectivity index (χ3v) is 4.31. The lowest BCUT2D eigenvalue weighted by Crippen LogP contribution is -2.06. The van der Waals surface area contributed by atoms with Crippen LogP contribution in [0.2, 0.25) is 0 Å². The van der Waals surface area contributed by atoms with E-state index >= 15 is 0 Å². The average Bonchev–Trinajstić information content (AvgIpc) is 3.03. The number of carbonyl (C=O) groups excluding carboxylic acids is 1. The molecule has 8 heteroatoms. The average molecular weight is 434 g/mol. The van der Waals surface area contributed by atoms with Crippen molar-refractivity contribution in [2.24, 2.45) is 4.99 Å². The first-order valence-corrected chi connectivity index (χ1v) is 8.57. The minimum absolute atomic E-state index is 0.0231. The van der Waals surface area contributed by atoms with E-state index in [2.05, 4.69) is 20.9 Å². The largest absolute Gasteiger partial charge is 0.507 e. The molecule has 3 rings (SSSR count). The van der Waals surface area contributed by atoms with Crippen molar-refractivity contribution < 1.29 is 28.8 Å². The van der Waals surface area contributed by atoms with E-state index in [-0.39, 0.29) is 17.3 Å². The topological polar surface area (TPSA) is 86.6 Å². The van der Waals surface area contributed by atoms with Gasteiger partial charge in [-0.15, -0.1) is 0 Å². The molecule has 0 atom stereocenters. The van der Waals surface area contributed by atoms with Crippen LogP contribution < -0.4 is 14.2 Å². The summed E-state index contributed by atoms with van der Waals surface area (Å²) in [5, 5.41) is 9.95. The Morgan fingerprint density at radius 3 is 2.33 bits per heavy atom. The molecule has 0 aromatic heterocycles. The molecule has 140 valence electrons. The molecule has 0 radical (unpaired) electrons. The van der Waals surface area contributed by atoms with E-state index in [1.807, 2.05) is 0 Å². The number of halogens is 1. The molecular weight excluding hydrogens is 418 g/mol. The van der Waals surface area contributed by atoms with E-state index in [0.29, 0.717) is 28.4 Å². The molecule has 2 aromatic carbocycles. The van der Waals surface area contributed by atoms with Gasteiger partial charge in [-0.2, -0.15) is 0 Å². The Morgan fingerprint density at radius 2 is 1.74 bits per heavy atom. The Labute approximate surface area is 164 Å². The number of benzene rings is 2. The second-order valence-corrected chi connectivity index (χ2v) is 6.37. The van der Waals surface area contributed by atoms with Gasteiger partial charge in [0.05, 0.1) is 21.3 Å². The maximum Gasteiger partial charge on any atom is 0.363 e. The van der Waals surface area contributed by atoms with Gasteiger partial charge in [0.2, 0.25) is 11.6 Å². The lowest BCUT2D eigenvalue weighted by atomic mass is 10.1. The Bertz CT molecular complexity index is 942. The summed E-state index contributed by atoms with van der Waals surface area (Å²) in [6.07, 6.45) is 1.45. The van der Waals surface area contributed by atoms with Crippen LogP contribution in [0.15, 0.2) is 45.5 Å². The predicted octanol–water partition coefficient (Wildman–Crippen LogP) is 3.53. The smallest absolute Gasteiger partial charge is 0.363 e. The van der Waals surface area contributed by atoms with E-state index in [0.717, 1.165) is 4.47 Å². The normalized spacial score (nSPS) is 14.7. The Kier molecular flexibility index (Phi) is 5.36. The number of ether oxygens (including phenoxy) is 4. The highest BCUT2D eigenvalue weighted by Gasteiger charge is 2.26. The predicted molar refractivity (Wildman–Crippen MR) is 103 cm³/mol. The standard InChI is InChI=1S/C19H16BrNO6/c1-24-15-8-11(9-16(25-2)17(15)26-3)18-21-13(19(23)27-18)7-10-6-12(20)4-5-14(10)22/h4-9,22H,1-3H3/b13-7-. The fraction of sp³-hybridized carbons (Fsp3) is 0.158. The summed E-state index contributed by atoms with van der Waals surface area (Å²) in [5.41, 5.74) is 0.984. The molecular formula is C19H16BrNO6. The number of hydrogen-bond acceptors (Lipinski definition) is 7. The van der Waals surface area contributed by atoms with Crippen molar-refractivity contribution in [1.82, 2.24) is 0 Å². The van der Waals surface area contributed by atoms with E-state index < -0.39 is 5.97 Å². The first kappa shape index (κ1) is 18.8. The molecule has 1 aliphatic heterocycles. The summed E-state index contributed by atoms with van der Waals surface area (Å²) in [5.74, 6) is 0.733. The van der Waals surface area contributed by atoms with Gasteiger partial charge in [0.25, 0.3) is 0 Å². The second kappa shape index (κ2) is 7.71. The highest BCUT2D eigenvalue weighted by Crippen LogP contribution is 2.39. The quantitative estimate of drug-likeness (QED) is 0.573. The molecule has 0 fully saturated rings. The molecule has 0 saturated carbocycles. The van der Waals surface area contributed by atoms with Crippen LogP contribution in [0.4, 0.5) is 0 Å². The van der Waals surface area contributed by atoms with Crippen molar-refractivity contribution in [2.45, 2.75) is 0 Å². The Balaban J connectivity index is 2.04. The minimum Gasteiger partial charge on any atom is -0.507 e. The lowest BCUT2D eigenvalue weighted by Gasteiger charge is -2.13. The van der Waals surface area contributed by atoms with Gasteiger partial charge < -0.3 is 24.1 Å². The molecule has 7 nitrogen and oxygen atoms in total. The number of phenolic OH excluding ortho intramolecular Hbond substituents is 1. The van der Waals surface area contributed by atoms with Gasteiger partial charge in [0.1, 0.15) is 5.75 Å². The summed E-state index contributed by atoms with van der Waals surface area (Å²) >= 11 is 3.32. The Morgan fingerprint density at radius 1 is 1.07 bits per heavy atom. The number of methoxy groups -OCH3 is 3. The highest BCUT2D eigenvalue weighted by molar-refractivity contribution is 9.10. The zero-order chi connectivity index (χ0) is 19.6. The number of cyclic esters (lactones) is 1. The van der Waals surface area contributed by atoms with Crippen molar-refractivity contribution in [3.63, 3.8) is 0 Å². The number of hydrogen-bond donors (Lipinski definition) is 1. The van der Waals surface area contributed by atoms with Gasteiger partial charge >= 0.3 is 5.97 Å². The monoisotopic (exact) mass is 433 g/mol. The summed E-state index contributed by atoms with van der Waals surface area (Å²) in [4.78, 5) is 16.4.